The molecule has 1 aromatic carbocycles. The lowest BCUT2D eigenvalue weighted by Gasteiger charge is -2.21. The minimum Gasteiger partial charge on any atom is -0.337 e. The van der Waals surface area contributed by atoms with E-state index in [-0.39, 0.29) is 5.91 Å². The third-order valence-corrected chi connectivity index (χ3v) is 3.26. The largest absolute Gasteiger partial charge is 0.337 e. The highest BCUT2D eigenvalue weighted by molar-refractivity contribution is 5.95. The van der Waals surface area contributed by atoms with Gasteiger partial charge in [0.1, 0.15) is 0 Å². The molecule has 92 valence electrons. The van der Waals surface area contributed by atoms with Crippen molar-refractivity contribution in [3.05, 3.63) is 35.4 Å². The molecule has 0 atom stereocenters. The summed E-state index contributed by atoms with van der Waals surface area (Å²) in [5.41, 5.74) is 2.02. The summed E-state index contributed by atoms with van der Waals surface area (Å²) in [5.74, 6) is 0.186. The van der Waals surface area contributed by atoms with Crippen molar-refractivity contribution in [3.8, 4) is 0 Å². The summed E-state index contributed by atoms with van der Waals surface area (Å²) >= 11 is 0. The van der Waals surface area contributed by atoms with E-state index in [9.17, 15) is 4.79 Å². The Kier molecular flexibility index (Phi) is 4.15. The van der Waals surface area contributed by atoms with E-state index in [2.05, 4.69) is 12.2 Å². The summed E-state index contributed by atoms with van der Waals surface area (Å²) in [5, 5.41) is 3.32. The fourth-order valence-electron chi connectivity index (χ4n) is 2.26. The number of aryl methyl sites for hydroxylation is 1. The number of hydrogen-bond donors (Lipinski definition) is 1. The van der Waals surface area contributed by atoms with Gasteiger partial charge in [-0.3, -0.25) is 4.79 Å². The first-order valence-electron chi connectivity index (χ1n) is 6.41. The fourth-order valence-corrected chi connectivity index (χ4v) is 2.26. The van der Waals surface area contributed by atoms with Crippen LogP contribution in [-0.2, 0) is 6.42 Å². The van der Waals surface area contributed by atoms with Crippen molar-refractivity contribution in [2.75, 3.05) is 26.2 Å². The Bertz CT molecular complexity index is 382. The summed E-state index contributed by atoms with van der Waals surface area (Å²) in [6.07, 6.45) is 1.95. The van der Waals surface area contributed by atoms with Crippen molar-refractivity contribution in [1.82, 2.24) is 10.2 Å². The highest BCUT2D eigenvalue weighted by Crippen LogP contribution is 2.13. The van der Waals surface area contributed by atoms with Gasteiger partial charge in [-0.2, -0.15) is 0 Å². The predicted molar refractivity (Wildman–Crippen MR) is 69.2 cm³/mol. The van der Waals surface area contributed by atoms with Crippen molar-refractivity contribution in [3.63, 3.8) is 0 Å². The number of nitrogens with one attached hydrogen (secondary N) is 1. The normalized spacial score (nSPS) is 16.6. The van der Waals surface area contributed by atoms with Gasteiger partial charge in [0.15, 0.2) is 0 Å². The number of rotatable bonds is 2. The van der Waals surface area contributed by atoms with Crippen molar-refractivity contribution >= 4 is 5.91 Å². The number of carbonyl (C=O) groups excluding carboxylic acids is 1. The van der Waals surface area contributed by atoms with Crippen molar-refractivity contribution < 1.29 is 4.79 Å². The quantitative estimate of drug-likeness (QED) is 0.841. The molecule has 0 bridgehead atoms. The Labute approximate surface area is 103 Å². The minimum absolute atomic E-state index is 0.186. The molecular formula is C14H20N2O. The molecule has 3 nitrogen and oxygen atoms in total. The third kappa shape index (κ3) is 2.86. The van der Waals surface area contributed by atoms with Crippen LogP contribution in [0.2, 0.25) is 0 Å². The minimum atomic E-state index is 0.186. The van der Waals surface area contributed by atoms with Gasteiger partial charge in [-0.1, -0.05) is 25.1 Å². The first-order chi connectivity index (χ1) is 8.33. The topological polar surface area (TPSA) is 32.3 Å². The van der Waals surface area contributed by atoms with E-state index < -0.39 is 0 Å². The summed E-state index contributed by atoms with van der Waals surface area (Å²) in [6, 6.07) is 7.94. The second-order valence-electron chi connectivity index (χ2n) is 4.41. The number of nitrogens with zero attached hydrogens (tertiary/aromatic N) is 1. The Balaban J connectivity index is 2.17. The average molecular weight is 232 g/mol. The standard InChI is InChI=1S/C14H20N2O/c1-2-12-6-3-4-7-13(12)14(17)16-10-5-8-15-9-11-16/h3-4,6-7,15H,2,5,8-11H2,1H3. The Morgan fingerprint density at radius 3 is 2.94 bits per heavy atom. The maximum Gasteiger partial charge on any atom is 0.254 e. The SMILES string of the molecule is CCc1ccccc1C(=O)N1CCCNCC1. The van der Waals surface area contributed by atoms with Crippen LogP contribution in [0.3, 0.4) is 0 Å². The van der Waals surface area contributed by atoms with Crippen molar-refractivity contribution in [2.45, 2.75) is 19.8 Å². The third-order valence-electron chi connectivity index (χ3n) is 3.26. The summed E-state index contributed by atoms with van der Waals surface area (Å²) in [7, 11) is 0. The highest BCUT2D eigenvalue weighted by atomic mass is 16.2. The van der Waals surface area contributed by atoms with E-state index >= 15 is 0 Å². The van der Waals surface area contributed by atoms with Crippen LogP contribution in [0.5, 0.6) is 0 Å². The molecular weight excluding hydrogens is 212 g/mol. The summed E-state index contributed by atoms with van der Waals surface area (Å²) in [4.78, 5) is 14.4. The molecule has 17 heavy (non-hydrogen) atoms. The Morgan fingerprint density at radius 2 is 2.12 bits per heavy atom. The molecule has 1 N–H and O–H groups in total. The van der Waals surface area contributed by atoms with Gasteiger partial charge in [0.05, 0.1) is 0 Å². The van der Waals surface area contributed by atoms with Gasteiger partial charge < -0.3 is 10.2 Å². The van der Waals surface area contributed by atoms with E-state index in [1.807, 2.05) is 29.2 Å². The first-order valence-corrected chi connectivity index (χ1v) is 6.41. The first kappa shape index (κ1) is 12.1. The zero-order valence-corrected chi connectivity index (χ0v) is 10.4. The van der Waals surface area contributed by atoms with Gasteiger partial charge in [-0.15, -0.1) is 0 Å². The van der Waals surface area contributed by atoms with Gasteiger partial charge in [0, 0.05) is 25.2 Å². The van der Waals surface area contributed by atoms with Gasteiger partial charge in [0.25, 0.3) is 5.91 Å². The lowest BCUT2D eigenvalue weighted by molar-refractivity contribution is 0.0765. The van der Waals surface area contributed by atoms with E-state index in [1.165, 1.54) is 0 Å². The molecule has 0 aliphatic carbocycles. The van der Waals surface area contributed by atoms with Gasteiger partial charge in [-0.05, 0) is 31.0 Å². The molecule has 1 amide bonds. The molecule has 0 unspecified atom stereocenters. The molecule has 1 saturated heterocycles. The number of amides is 1. The molecule has 0 aromatic heterocycles. The lowest BCUT2D eigenvalue weighted by Crippen LogP contribution is -2.34. The van der Waals surface area contributed by atoms with Gasteiger partial charge in [0.2, 0.25) is 0 Å². The monoisotopic (exact) mass is 232 g/mol. The van der Waals surface area contributed by atoms with Crippen LogP contribution in [-0.4, -0.2) is 37.0 Å². The van der Waals surface area contributed by atoms with Gasteiger partial charge >= 0.3 is 0 Å². The van der Waals surface area contributed by atoms with E-state index in [4.69, 9.17) is 0 Å². The molecule has 1 aliphatic rings. The Morgan fingerprint density at radius 1 is 1.29 bits per heavy atom. The van der Waals surface area contributed by atoms with Crippen LogP contribution in [0.25, 0.3) is 0 Å². The molecule has 0 saturated carbocycles. The maximum absolute atomic E-state index is 12.4. The van der Waals surface area contributed by atoms with Crippen LogP contribution in [0.15, 0.2) is 24.3 Å². The smallest absolute Gasteiger partial charge is 0.254 e. The van der Waals surface area contributed by atoms with Crippen LogP contribution in [0.4, 0.5) is 0 Å². The number of carbonyl (C=O) groups is 1. The molecule has 1 heterocycles. The van der Waals surface area contributed by atoms with Crippen LogP contribution in [0, 0.1) is 0 Å². The van der Waals surface area contributed by atoms with Crippen LogP contribution >= 0.6 is 0 Å². The lowest BCUT2D eigenvalue weighted by atomic mass is 10.0. The zero-order valence-electron chi connectivity index (χ0n) is 10.4. The zero-order chi connectivity index (χ0) is 12.1. The predicted octanol–water partition coefficient (Wildman–Crippen LogP) is 1.68. The van der Waals surface area contributed by atoms with E-state index in [0.717, 1.165) is 50.1 Å². The molecule has 3 heteroatoms. The molecule has 1 aromatic rings. The number of benzene rings is 1. The maximum atomic E-state index is 12.4. The highest BCUT2D eigenvalue weighted by Gasteiger charge is 2.18. The molecule has 0 spiro atoms. The van der Waals surface area contributed by atoms with Crippen LogP contribution in [0.1, 0.15) is 29.3 Å². The molecule has 0 radical (unpaired) electrons. The van der Waals surface area contributed by atoms with E-state index in [1.54, 1.807) is 0 Å². The molecule has 1 aliphatic heterocycles. The van der Waals surface area contributed by atoms with Crippen LogP contribution < -0.4 is 5.32 Å². The second-order valence-corrected chi connectivity index (χ2v) is 4.41. The Hall–Kier alpha value is -1.35. The summed E-state index contributed by atoms with van der Waals surface area (Å²) < 4.78 is 0. The fraction of sp³-hybridized carbons (Fsp3) is 0.500. The molecule has 2 rings (SSSR count). The van der Waals surface area contributed by atoms with Crippen molar-refractivity contribution in [1.29, 1.82) is 0 Å². The molecule has 1 fully saturated rings. The van der Waals surface area contributed by atoms with E-state index in [0.29, 0.717) is 0 Å². The number of hydrogen-bond acceptors (Lipinski definition) is 2. The second kappa shape index (κ2) is 5.82. The summed E-state index contributed by atoms with van der Waals surface area (Å²) in [6.45, 7) is 5.69. The van der Waals surface area contributed by atoms with Crippen molar-refractivity contribution in [2.24, 2.45) is 0 Å². The van der Waals surface area contributed by atoms with Gasteiger partial charge in [-0.25, -0.2) is 0 Å². The average Bonchev–Trinajstić information content (AvgIpc) is 2.66.